The molecule has 0 fully saturated rings. The van der Waals surface area contributed by atoms with Gasteiger partial charge in [0.25, 0.3) is 0 Å². The molecule has 24 heavy (non-hydrogen) atoms. The van der Waals surface area contributed by atoms with Gasteiger partial charge in [-0.1, -0.05) is 44.2 Å². The fourth-order valence-electron chi connectivity index (χ4n) is 3.06. The minimum absolute atomic E-state index is 0.0623. The van der Waals surface area contributed by atoms with Gasteiger partial charge in [-0.3, -0.25) is 9.89 Å². The Morgan fingerprint density at radius 3 is 2.75 bits per heavy atom. The molecule has 0 bridgehead atoms. The van der Waals surface area contributed by atoms with E-state index in [4.69, 9.17) is 4.42 Å². The first-order valence-corrected chi connectivity index (χ1v) is 8.02. The number of nitrogens with one attached hydrogen (secondary N) is 2. The minimum atomic E-state index is -0.168. The van der Waals surface area contributed by atoms with Gasteiger partial charge < -0.3 is 9.73 Å². The highest BCUT2D eigenvalue weighted by molar-refractivity contribution is 5.95. The highest BCUT2D eigenvalue weighted by Crippen LogP contribution is 2.41. The van der Waals surface area contributed by atoms with Crippen LogP contribution in [0.3, 0.4) is 0 Å². The third kappa shape index (κ3) is 2.40. The molecule has 0 aliphatic carbocycles. The second-order valence-corrected chi connectivity index (χ2v) is 6.30. The summed E-state index contributed by atoms with van der Waals surface area (Å²) in [7, 11) is 0. The molecule has 1 unspecified atom stereocenters. The van der Waals surface area contributed by atoms with Crippen LogP contribution in [0, 0.1) is 0 Å². The Kier molecular flexibility index (Phi) is 3.45. The van der Waals surface area contributed by atoms with Crippen molar-refractivity contribution in [2.75, 3.05) is 5.32 Å². The van der Waals surface area contributed by atoms with Gasteiger partial charge in [0.15, 0.2) is 11.7 Å². The number of rotatable bonds is 3. The van der Waals surface area contributed by atoms with Crippen LogP contribution in [0.15, 0.2) is 41.0 Å². The third-order valence-electron chi connectivity index (χ3n) is 4.25. The number of anilines is 1. The molecule has 122 valence electrons. The van der Waals surface area contributed by atoms with Gasteiger partial charge in [0, 0.05) is 23.8 Å². The number of carbonyl (C=O) groups is 1. The Hall–Kier alpha value is -2.89. The van der Waals surface area contributed by atoms with Gasteiger partial charge in [-0.05, 0) is 5.56 Å². The molecule has 4 rings (SSSR count). The van der Waals surface area contributed by atoms with Gasteiger partial charge in [-0.15, -0.1) is 0 Å². The van der Waals surface area contributed by atoms with E-state index in [-0.39, 0.29) is 17.7 Å². The lowest BCUT2D eigenvalue weighted by Crippen LogP contribution is -2.23. The van der Waals surface area contributed by atoms with E-state index in [1.54, 1.807) is 6.26 Å². The highest BCUT2D eigenvalue weighted by atomic mass is 16.3. The van der Waals surface area contributed by atoms with Crippen LogP contribution in [0.1, 0.15) is 49.3 Å². The molecule has 0 spiro atoms. The molecule has 2 aromatic heterocycles. The normalized spacial score (nSPS) is 17.0. The second-order valence-electron chi connectivity index (χ2n) is 6.30. The Morgan fingerprint density at radius 2 is 2.04 bits per heavy atom. The minimum Gasteiger partial charge on any atom is -0.448 e. The molecule has 1 aliphatic heterocycles. The summed E-state index contributed by atoms with van der Waals surface area (Å²) < 4.78 is 5.58. The molecule has 1 atom stereocenters. The van der Waals surface area contributed by atoms with Crippen LogP contribution < -0.4 is 5.32 Å². The van der Waals surface area contributed by atoms with Crippen LogP contribution in [0.4, 0.5) is 5.82 Å². The largest absolute Gasteiger partial charge is 0.448 e. The first-order valence-electron chi connectivity index (χ1n) is 8.02. The zero-order valence-electron chi connectivity index (χ0n) is 13.5. The van der Waals surface area contributed by atoms with Gasteiger partial charge >= 0.3 is 0 Å². The molecular weight excluding hydrogens is 304 g/mol. The number of aromatic amines is 1. The maximum Gasteiger partial charge on any atom is 0.226 e. The monoisotopic (exact) mass is 322 g/mol. The Bertz CT molecular complexity index is 880. The zero-order chi connectivity index (χ0) is 16.7. The molecule has 6 heteroatoms. The van der Waals surface area contributed by atoms with Crippen LogP contribution >= 0.6 is 0 Å². The molecule has 0 saturated heterocycles. The van der Waals surface area contributed by atoms with Crippen molar-refractivity contribution in [3.8, 4) is 11.3 Å². The van der Waals surface area contributed by atoms with Crippen molar-refractivity contribution in [2.24, 2.45) is 0 Å². The number of amides is 1. The predicted molar refractivity (Wildman–Crippen MR) is 89.7 cm³/mol. The third-order valence-corrected chi connectivity index (χ3v) is 4.25. The quantitative estimate of drug-likeness (QED) is 0.770. The van der Waals surface area contributed by atoms with Crippen molar-refractivity contribution < 1.29 is 9.21 Å². The Balaban J connectivity index is 1.83. The average molecular weight is 322 g/mol. The molecule has 1 aliphatic rings. The number of fused-ring (bicyclic) bond motifs is 1. The number of nitrogens with zero attached hydrogens (tertiary/aromatic N) is 2. The van der Waals surface area contributed by atoms with Gasteiger partial charge in [-0.2, -0.15) is 5.10 Å². The first kappa shape index (κ1) is 14.7. The maximum absolute atomic E-state index is 12.1. The second kappa shape index (κ2) is 5.63. The summed E-state index contributed by atoms with van der Waals surface area (Å²) in [5, 5.41) is 10.2. The van der Waals surface area contributed by atoms with E-state index in [9.17, 15) is 4.79 Å². The van der Waals surface area contributed by atoms with E-state index in [1.165, 1.54) is 0 Å². The van der Waals surface area contributed by atoms with Crippen LogP contribution in [0.2, 0.25) is 0 Å². The fourth-order valence-corrected chi connectivity index (χ4v) is 3.06. The average Bonchev–Trinajstić information content (AvgIpc) is 3.22. The summed E-state index contributed by atoms with van der Waals surface area (Å²) in [5.74, 6) is 1.23. The lowest BCUT2D eigenvalue weighted by atomic mass is 9.88. The van der Waals surface area contributed by atoms with Crippen molar-refractivity contribution in [3.63, 3.8) is 0 Å². The molecule has 2 N–H and O–H groups in total. The molecule has 6 nitrogen and oxygen atoms in total. The summed E-state index contributed by atoms with van der Waals surface area (Å²) in [6, 6.07) is 9.96. The van der Waals surface area contributed by atoms with Crippen molar-refractivity contribution in [3.05, 3.63) is 53.7 Å². The lowest BCUT2D eigenvalue weighted by Gasteiger charge is -2.21. The summed E-state index contributed by atoms with van der Waals surface area (Å²) in [6.07, 6.45) is 1.99. The molecule has 0 radical (unpaired) electrons. The topological polar surface area (TPSA) is 83.8 Å². The molecular formula is C18H18N4O2. The van der Waals surface area contributed by atoms with Crippen LogP contribution in [-0.4, -0.2) is 21.1 Å². The van der Waals surface area contributed by atoms with Crippen molar-refractivity contribution in [2.45, 2.75) is 32.1 Å². The van der Waals surface area contributed by atoms with Crippen LogP contribution in [0.5, 0.6) is 0 Å². The fraction of sp³-hybridized carbons (Fsp3) is 0.278. The number of aromatic nitrogens is 3. The van der Waals surface area contributed by atoms with Crippen LogP contribution in [-0.2, 0) is 4.79 Å². The number of hydrogen-bond acceptors (Lipinski definition) is 4. The molecule has 3 aromatic rings. The highest BCUT2D eigenvalue weighted by Gasteiger charge is 2.34. The van der Waals surface area contributed by atoms with Gasteiger partial charge in [0.2, 0.25) is 5.91 Å². The lowest BCUT2D eigenvalue weighted by molar-refractivity contribution is -0.116. The number of benzene rings is 1. The number of carbonyl (C=O) groups excluding carboxylic acids is 1. The van der Waals surface area contributed by atoms with Crippen molar-refractivity contribution >= 4 is 11.7 Å². The van der Waals surface area contributed by atoms with E-state index >= 15 is 0 Å². The van der Waals surface area contributed by atoms with Gasteiger partial charge in [0.1, 0.15) is 6.26 Å². The van der Waals surface area contributed by atoms with E-state index in [0.717, 1.165) is 22.5 Å². The van der Waals surface area contributed by atoms with Gasteiger partial charge in [0.05, 0.1) is 11.4 Å². The predicted octanol–water partition coefficient (Wildman–Crippen LogP) is 3.66. The summed E-state index contributed by atoms with van der Waals surface area (Å²) in [4.78, 5) is 16.7. The zero-order valence-corrected chi connectivity index (χ0v) is 13.5. The van der Waals surface area contributed by atoms with Gasteiger partial charge in [-0.25, -0.2) is 4.98 Å². The molecule has 3 heterocycles. The SMILES string of the molecule is CC(C)c1nc(C2CC(=O)Nc3n[nH]c(-c4ccccc4)c32)co1. The molecule has 1 amide bonds. The summed E-state index contributed by atoms with van der Waals surface area (Å²) >= 11 is 0. The van der Waals surface area contributed by atoms with Crippen molar-refractivity contribution in [1.29, 1.82) is 0 Å². The Morgan fingerprint density at radius 1 is 1.25 bits per heavy atom. The number of H-pyrrole nitrogens is 1. The maximum atomic E-state index is 12.1. The molecule has 0 saturated carbocycles. The van der Waals surface area contributed by atoms with E-state index in [0.29, 0.717) is 18.1 Å². The summed E-state index contributed by atoms with van der Waals surface area (Å²) in [6.45, 7) is 4.06. The van der Waals surface area contributed by atoms with E-state index < -0.39 is 0 Å². The van der Waals surface area contributed by atoms with Crippen LogP contribution in [0.25, 0.3) is 11.3 Å². The van der Waals surface area contributed by atoms with E-state index in [1.807, 2.05) is 44.2 Å². The van der Waals surface area contributed by atoms with E-state index in [2.05, 4.69) is 20.5 Å². The Labute approximate surface area is 139 Å². The smallest absolute Gasteiger partial charge is 0.226 e. The van der Waals surface area contributed by atoms with Crippen molar-refractivity contribution in [1.82, 2.24) is 15.2 Å². The first-order chi connectivity index (χ1) is 11.6. The molecule has 1 aromatic carbocycles. The number of hydrogen-bond donors (Lipinski definition) is 2. The number of oxazole rings is 1. The standard InChI is InChI=1S/C18H18N4O2/c1-10(2)18-19-13(9-24-18)12-8-14(23)20-17-15(12)16(21-22-17)11-6-4-3-5-7-11/h3-7,9-10,12H,8H2,1-2H3,(H2,20,21,22,23). The summed E-state index contributed by atoms with van der Waals surface area (Å²) in [5.41, 5.74) is 3.67.